The third-order valence-corrected chi connectivity index (χ3v) is 8.77. The molecule has 3 heterocycles. The van der Waals surface area contributed by atoms with Crippen LogP contribution in [0, 0.1) is 11.8 Å². The number of likely N-dealkylation sites (tertiary alicyclic amines) is 1. The summed E-state index contributed by atoms with van der Waals surface area (Å²) in [6, 6.07) is 26.5. The predicted molar refractivity (Wildman–Crippen MR) is 153 cm³/mol. The number of aryl methyl sites for hydroxylation is 1. The Kier molecular flexibility index (Phi) is 6.09. The van der Waals surface area contributed by atoms with Crippen molar-refractivity contribution in [3.05, 3.63) is 130 Å². The number of hydrogen-bond acceptors (Lipinski definition) is 4. The van der Waals surface area contributed by atoms with Gasteiger partial charge in [-0.3, -0.25) is 19.3 Å². The van der Waals surface area contributed by atoms with Crippen LogP contribution in [0.15, 0.2) is 89.3 Å². The number of benzene rings is 3. The number of rotatable bonds is 3. The van der Waals surface area contributed by atoms with Gasteiger partial charge in [0.1, 0.15) is 0 Å². The largest absolute Gasteiger partial charge is 0.443 e. The first-order valence-electron chi connectivity index (χ1n) is 14.0. The van der Waals surface area contributed by atoms with E-state index in [2.05, 4.69) is 24.0 Å². The maximum Gasteiger partial charge on any atom is 0.289 e. The number of nitrogens with zero attached hydrogens (tertiary/aromatic N) is 2. The molecule has 6 heteroatoms. The molecule has 1 aromatic heterocycles. The third kappa shape index (κ3) is 4.44. The van der Waals surface area contributed by atoms with Crippen LogP contribution in [-0.2, 0) is 18.4 Å². The minimum Gasteiger partial charge on any atom is -0.443 e. The number of furan rings is 1. The Bertz CT molecular complexity index is 1710. The molecule has 4 aromatic rings. The summed E-state index contributed by atoms with van der Waals surface area (Å²) in [4.78, 5) is 42.3. The fourth-order valence-electron chi connectivity index (χ4n) is 6.50. The topological polar surface area (TPSA) is 70.8 Å². The Hall–Kier alpha value is -4.89. The van der Waals surface area contributed by atoms with Gasteiger partial charge in [-0.25, -0.2) is 0 Å². The van der Waals surface area contributed by atoms with Crippen LogP contribution in [0.3, 0.4) is 0 Å². The summed E-state index contributed by atoms with van der Waals surface area (Å²) < 4.78 is 5.79. The van der Waals surface area contributed by atoms with Crippen molar-refractivity contribution < 1.29 is 18.8 Å². The highest BCUT2D eigenvalue weighted by Crippen LogP contribution is 2.47. The lowest BCUT2D eigenvalue weighted by molar-refractivity contribution is 0.0629. The van der Waals surface area contributed by atoms with Crippen LogP contribution in [0.5, 0.6) is 0 Å². The maximum absolute atomic E-state index is 13.3. The normalized spacial score (nSPS) is 16.9. The summed E-state index contributed by atoms with van der Waals surface area (Å²) in [5, 5.41) is 0. The molecule has 1 saturated heterocycles. The summed E-state index contributed by atoms with van der Waals surface area (Å²) in [7, 11) is 0. The molecule has 3 amide bonds. The molecule has 6 nitrogen and oxygen atoms in total. The lowest BCUT2D eigenvalue weighted by atomic mass is 9.73. The van der Waals surface area contributed by atoms with E-state index in [-0.39, 0.29) is 29.7 Å². The molecule has 41 heavy (non-hydrogen) atoms. The van der Waals surface area contributed by atoms with E-state index in [0.29, 0.717) is 35.7 Å². The number of amides is 3. The number of piperidine rings is 1. The van der Waals surface area contributed by atoms with Gasteiger partial charge in [-0.05, 0) is 90.1 Å². The van der Waals surface area contributed by atoms with Gasteiger partial charge >= 0.3 is 0 Å². The van der Waals surface area contributed by atoms with Gasteiger partial charge in [0.15, 0.2) is 11.5 Å². The molecule has 0 saturated carbocycles. The van der Waals surface area contributed by atoms with Crippen molar-refractivity contribution in [1.82, 2.24) is 9.80 Å². The lowest BCUT2D eigenvalue weighted by Crippen LogP contribution is -2.44. The summed E-state index contributed by atoms with van der Waals surface area (Å²) >= 11 is 0. The molecule has 2 aliphatic heterocycles. The molecule has 1 fully saturated rings. The molecular formula is C35H28N2O4. The monoisotopic (exact) mass is 540 g/mol. The summed E-state index contributed by atoms with van der Waals surface area (Å²) in [5.74, 6) is 6.27. The second kappa shape index (κ2) is 9.94. The Labute approximate surface area is 238 Å². The van der Waals surface area contributed by atoms with Crippen LogP contribution in [0.1, 0.15) is 78.5 Å². The van der Waals surface area contributed by atoms with Gasteiger partial charge in [0, 0.05) is 18.7 Å². The zero-order valence-corrected chi connectivity index (χ0v) is 22.6. The van der Waals surface area contributed by atoms with E-state index in [4.69, 9.17) is 4.42 Å². The molecule has 3 aromatic carbocycles. The zero-order valence-electron chi connectivity index (χ0n) is 22.6. The fourth-order valence-corrected chi connectivity index (χ4v) is 6.50. The molecule has 7 rings (SSSR count). The zero-order chi connectivity index (χ0) is 28.0. The van der Waals surface area contributed by atoms with Crippen LogP contribution in [0.2, 0.25) is 0 Å². The highest BCUT2D eigenvalue weighted by Gasteiger charge is 2.43. The molecule has 3 aliphatic rings. The van der Waals surface area contributed by atoms with E-state index in [1.54, 1.807) is 36.4 Å². The number of hydrogen-bond donors (Lipinski definition) is 0. The third-order valence-electron chi connectivity index (χ3n) is 8.77. The smallest absolute Gasteiger partial charge is 0.289 e. The molecule has 0 N–H and O–H groups in total. The number of imide groups is 1. The maximum atomic E-state index is 13.3. The average molecular weight is 541 g/mol. The van der Waals surface area contributed by atoms with E-state index >= 15 is 0 Å². The van der Waals surface area contributed by atoms with Crippen LogP contribution in [-0.4, -0.2) is 40.6 Å². The molecule has 202 valence electrons. The summed E-state index contributed by atoms with van der Waals surface area (Å²) in [6.07, 6.45) is 3.77. The first-order chi connectivity index (χ1) is 20.0. The Morgan fingerprint density at radius 1 is 0.805 bits per heavy atom. The van der Waals surface area contributed by atoms with Crippen molar-refractivity contribution in [3.63, 3.8) is 0 Å². The predicted octanol–water partition coefficient (Wildman–Crippen LogP) is 5.60. The molecular weight excluding hydrogens is 512 g/mol. The van der Waals surface area contributed by atoms with Gasteiger partial charge in [-0.15, -0.1) is 0 Å². The highest BCUT2D eigenvalue weighted by molar-refractivity contribution is 6.21. The van der Waals surface area contributed by atoms with Crippen molar-refractivity contribution >= 4 is 17.7 Å². The second-order valence-electron chi connectivity index (χ2n) is 11.1. The first-order valence-corrected chi connectivity index (χ1v) is 14.0. The van der Waals surface area contributed by atoms with Crippen LogP contribution in [0.4, 0.5) is 0 Å². The fraction of sp³-hybridized carbons (Fsp3) is 0.229. The molecule has 1 spiro atoms. The molecule has 0 unspecified atom stereocenters. The molecule has 1 aliphatic carbocycles. The van der Waals surface area contributed by atoms with E-state index < -0.39 is 0 Å². The Balaban J connectivity index is 1.04. The van der Waals surface area contributed by atoms with Gasteiger partial charge in [0.2, 0.25) is 0 Å². The van der Waals surface area contributed by atoms with E-state index in [0.717, 1.165) is 36.8 Å². The first kappa shape index (κ1) is 25.1. The van der Waals surface area contributed by atoms with Crippen molar-refractivity contribution in [2.75, 3.05) is 13.1 Å². The van der Waals surface area contributed by atoms with Crippen LogP contribution in [0.25, 0.3) is 0 Å². The standard InChI is InChI=1S/C35H28N2O4/c38-32-28-8-4-5-9-29(28)33(39)37(32)23-25-10-12-26-16-17-35(30(26)22-25)18-20-36(21-19-35)34(40)31-15-14-27(41-31)13-11-24-6-2-1-3-7-24/h1-10,12,14-15,22H,16-21,23H2. The van der Waals surface area contributed by atoms with Crippen molar-refractivity contribution in [1.29, 1.82) is 0 Å². The minimum absolute atomic E-state index is 0.000399. The Morgan fingerprint density at radius 3 is 2.24 bits per heavy atom. The van der Waals surface area contributed by atoms with E-state index in [1.807, 2.05) is 41.3 Å². The van der Waals surface area contributed by atoms with E-state index in [9.17, 15) is 14.4 Å². The van der Waals surface area contributed by atoms with Gasteiger partial charge in [0.05, 0.1) is 17.7 Å². The van der Waals surface area contributed by atoms with Gasteiger partial charge in [0.25, 0.3) is 17.7 Å². The average Bonchev–Trinajstić information content (AvgIpc) is 3.69. The van der Waals surface area contributed by atoms with Crippen LogP contribution >= 0.6 is 0 Å². The quantitative estimate of drug-likeness (QED) is 0.251. The number of carbonyl (C=O) groups excluding carboxylic acids is 3. The SMILES string of the molecule is O=C(c1ccc(C#Cc2ccccc2)o1)N1CCC2(CCc3ccc(CN4C(=O)c5ccccc5C4=O)cc32)CC1. The number of carbonyl (C=O) groups is 3. The van der Waals surface area contributed by atoms with Crippen LogP contribution < -0.4 is 0 Å². The summed E-state index contributed by atoms with van der Waals surface area (Å²) in [6.45, 7) is 1.55. The second-order valence-corrected chi connectivity index (χ2v) is 11.1. The molecule has 0 radical (unpaired) electrons. The van der Waals surface area contributed by atoms with Gasteiger partial charge in [-0.2, -0.15) is 0 Å². The van der Waals surface area contributed by atoms with E-state index in [1.165, 1.54) is 16.0 Å². The lowest BCUT2D eigenvalue weighted by Gasteiger charge is -2.40. The Morgan fingerprint density at radius 2 is 1.51 bits per heavy atom. The highest BCUT2D eigenvalue weighted by atomic mass is 16.3. The summed E-state index contributed by atoms with van der Waals surface area (Å²) in [5.41, 5.74) is 5.41. The van der Waals surface area contributed by atoms with Crippen molar-refractivity contribution in [2.45, 2.75) is 37.6 Å². The van der Waals surface area contributed by atoms with Gasteiger partial charge in [-0.1, -0.05) is 54.5 Å². The minimum atomic E-state index is -0.236. The van der Waals surface area contributed by atoms with Crippen molar-refractivity contribution in [2.24, 2.45) is 0 Å². The molecule has 0 bridgehead atoms. The molecule has 0 atom stereocenters. The number of fused-ring (bicyclic) bond motifs is 3. The van der Waals surface area contributed by atoms with Gasteiger partial charge < -0.3 is 9.32 Å². The van der Waals surface area contributed by atoms with Crippen molar-refractivity contribution in [3.8, 4) is 11.8 Å².